The number of halogens is 1. The van der Waals surface area contributed by atoms with E-state index in [4.69, 9.17) is 16.3 Å². The van der Waals surface area contributed by atoms with Crippen LogP contribution in [0.4, 0.5) is 5.69 Å². The number of amidine groups is 1. The van der Waals surface area contributed by atoms with Crippen LogP contribution in [-0.2, 0) is 25.8 Å². The minimum atomic E-state index is -1.50. The molecule has 2 aromatic carbocycles. The van der Waals surface area contributed by atoms with E-state index in [0.29, 0.717) is 28.6 Å². The zero-order valence-corrected chi connectivity index (χ0v) is 19.3. The predicted molar refractivity (Wildman–Crippen MR) is 123 cm³/mol. The van der Waals surface area contributed by atoms with Gasteiger partial charge in [-0.1, -0.05) is 29.8 Å². The molecule has 2 aromatic rings. The number of carbonyl (C=O) groups excluding carboxylic acids is 3. The highest BCUT2D eigenvalue weighted by molar-refractivity contribution is 8.15. The van der Waals surface area contributed by atoms with Crippen LogP contribution in [-0.4, -0.2) is 34.5 Å². The molecule has 10 heteroatoms. The lowest BCUT2D eigenvalue weighted by Crippen LogP contribution is -2.48. The summed E-state index contributed by atoms with van der Waals surface area (Å²) in [5.41, 5.74) is 1.97. The number of benzene rings is 2. The van der Waals surface area contributed by atoms with E-state index in [2.05, 4.69) is 10.4 Å². The van der Waals surface area contributed by atoms with Crippen LogP contribution in [0.2, 0.25) is 5.02 Å². The van der Waals surface area contributed by atoms with Gasteiger partial charge in [-0.2, -0.15) is 5.01 Å². The molecule has 8 nitrogen and oxygen atoms in total. The van der Waals surface area contributed by atoms with Gasteiger partial charge in [0.2, 0.25) is 16.7 Å². The van der Waals surface area contributed by atoms with Crippen molar-refractivity contribution in [3.05, 3.63) is 58.6 Å². The fourth-order valence-corrected chi connectivity index (χ4v) is 5.34. The van der Waals surface area contributed by atoms with Gasteiger partial charge in [-0.25, -0.2) is 0 Å². The second-order valence-electron chi connectivity index (χ2n) is 7.26. The molecular weight excluding hydrogens is 452 g/mol. The Morgan fingerprint density at radius 3 is 2.66 bits per heavy atom. The van der Waals surface area contributed by atoms with Gasteiger partial charge in [0, 0.05) is 30.0 Å². The third-order valence-electron chi connectivity index (χ3n) is 5.07. The number of para-hydroxylation sites is 1. The van der Waals surface area contributed by atoms with Gasteiger partial charge in [0.1, 0.15) is 5.75 Å². The number of hydrogen-bond acceptors (Lipinski definition) is 6. The summed E-state index contributed by atoms with van der Waals surface area (Å²) >= 11 is 7.30. The summed E-state index contributed by atoms with van der Waals surface area (Å²) < 4.78 is 5.73. The Labute approximate surface area is 194 Å². The summed E-state index contributed by atoms with van der Waals surface area (Å²) in [5.74, 6) is -0.466. The number of thioether (sulfide) groups is 1. The topological polar surface area (TPSA) is 91.3 Å². The predicted octanol–water partition coefficient (Wildman–Crippen LogP) is 3.44. The van der Waals surface area contributed by atoms with E-state index in [1.54, 1.807) is 23.1 Å². The van der Waals surface area contributed by atoms with Gasteiger partial charge in [-0.05, 0) is 43.0 Å². The van der Waals surface area contributed by atoms with Gasteiger partial charge >= 0.3 is 0 Å². The number of ether oxygens (including phenoxy) is 1. The molecule has 1 N–H and O–H groups in total. The molecule has 166 valence electrons. The summed E-state index contributed by atoms with van der Waals surface area (Å²) in [5, 5.41) is 8.55. The maximum Gasteiger partial charge on any atom is 0.271 e. The summed E-state index contributed by atoms with van der Waals surface area (Å²) in [6, 6.07) is 12.6. The molecule has 0 radical (unpaired) electrons. The van der Waals surface area contributed by atoms with Crippen molar-refractivity contribution in [2.75, 3.05) is 11.5 Å². The van der Waals surface area contributed by atoms with Crippen LogP contribution in [0.25, 0.3) is 0 Å². The molecule has 0 saturated carbocycles. The number of hydrogen-bond donors (Lipinski definition) is 1. The average Bonchev–Trinajstić information content (AvgIpc) is 3.22. The van der Waals surface area contributed by atoms with E-state index < -0.39 is 10.8 Å². The lowest BCUT2D eigenvalue weighted by Gasteiger charge is -2.29. The molecule has 1 spiro atoms. The summed E-state index contributed by atoms with van der Waals surface area (Å²) in [4.78, 5) is 38.2. The highest BCUT2D eigenvalue weighted by Crippen LogP contribution is 2.55. The normalized spacial score (nSPS) is 19.2. The van der Waals surface area contributed by atoms with E-state index in [1.165, 1.54) is 13.8 Å². The fourth-order valence-electron chi connectivity index (χ4n) is 3.84. The second-order valence-corrected chi connectivity index (χ2v) is 8.87. The van der Waals surface area contributed by atoms with E-state index >= 15 is 0 Å². The van der Waals surface area contributed by atoms with Crippen molar-refractivity contribution >= 4 is 51.9 Å². The Hall–Kier alpha value is -3.04. The first-order chi connectivity index (χ1) is 15.3. The van der Waals surface area contributed by atoms with Crippen LogP contribution >= 0.6 is 23.4 Å². The first-order valence-corrected chi connectivity index (χ1v) is 11.2. The first kappa shape index (κ1) is 22.2. The van der Waals surface area contributed by atoms with Crippen LogP contribution in [0.3, 0.4) is 0 Å². The molecule has 4 rings (SSSR count). The molecule has 2 aliphatic heterocycles. The van der Waals surface area contributed by atoms with Crippen molar-refractivity contribution in [1.29, 1.82) is 0 Å². The van der Waals surface area contributed by atoms with Gasteiger partial charge in [-0.15, -0.1) is 5.10 Å². The Kier molecular flexibility index (Phi) is 5.87. The summed E-state index contributed by atoms with van der Waals surface area (Å²) in [7, 11) is 0. The molecule has 1 unspecified atom stereocenters. The zero-order chi connectivity index (χ0) is 23.0. The molecule has 0 bridgehead atoms. The minimum Gasteiger partial charge on any atom is -0.494 e. The van der Waals surface area contributed by atoms with Crippen molar-refractivity contribution in [2.45, 2.75) is 32.2 Å². The number of hydrazone groups is 1. The average molecular weight is 473 g/mol. The molecule has 1 atom stereocenters. The van der Waals surface area contributed by atoms with Crippen molar-refractivity contribution in [1.82, 2.24) is 10.3 Å². The number of amides is 3. The molecule has 0 fully saturated rings. The molecule has 0 aliphatic carbocycles. The molecule has 2 aliphatic rings. The SMILES string of the molecule is CCOc1ccccc1CN1C(=O)C2(SC(NC(C)=O)=NN2C(C)=O)c2cc(Cl)ccc21. The Morgan fingerprint density at radius 2 is 1.97 bits per heavy atom. The second kappa shape index (κ2) is 8.48. The van der Waals surface area contributed by atoms with Gasteiger partial charge in [0.15, 0.2) is 5.17 Å². The van der Waals surface area contributed by atoms with Crippen LogP contribution in [0.15, 0.2) is 47.6 Å². The molecule has 32 heavy (non-hydrogen) atoms. The van der Waals surface area contributed by atoms with E-state index in [1.807, 2.05) is 31.2 Å². The van der Waals surface area contributed by atoms with Crippen molar-refractivity contribution < 1.29 is 19.1 Å². The monoisotopic (exact) mass is 472 g/mol. The molecule has 3 amide bonds. The standard InChI is InChI=1S/C22H21ClN4O4S/c1-4-31-19-8-6-5-7-15(19)12-26-18-10-9-16(23)11-17(18)22(20(26)30)27(14(3)29)25-21(32-22)24-13(2)28/h5-11H,4,12H2,1-3H3,(H,24,25,28). The largest absolute Gasteiger partial charge is 0.494 e. The van der Waals surface area contributed by atoms with Crippen molar-refractivity contribution in [3.8, 4) is 5.75 Å². The van der Waals surface area contributed by atoms with Crippen molar-refractivity contribution in [3.63, 3.8) is 0 Å². The zero-order valence-electron chi connectivity index (χ0n) is 17.7. The third kappa shape index (κ3) is 3.61. The number of fused-ring (bicyclic) bond motifs is 2. The number of nitrogens with one attached hydrogen (secondary N) is 1. The molecule has 0 aromatic heterocycles. The molecular formula is C22H21ClN4O4S. The van der Waals surface area contributed by atoms with Crippen LogP contribution < -0.4 is 15.0 Å². The van der Waals surface area contributed by atoms with Crippen LogP contribution in [0, 0.1) is 0 Å². The van der Waals surface area contributed by atoms with Gasteiger partial charge < -0.3 is 15.0 Å². The third-order valence-corrected chi connectivity index (χ3v) is 6.54. The Balaban J connectivity index is 1.82. The number of carbonyl (C=O) groups is 3. The number of rotatable bonds is 4. The Bertz CT molecular complexity index is 1150. The maximum absolute atomic E-state index is 14.0. The summed E-state index contributed by atoms with van der Waals surface area (Å²) in [6.07, 6.45) is 0. The first-order valence-electron chi connectivity index (χ1n) is 9.96. The highest BCUT2D eigenvalue weighted by atomic mass is 35.5. The molecule has 0 saturated heterocycles. The lowest BCUT2D eigenvalue weighted by molar-refractivity contribution is -0.139. The Morgan fingerprint density at radius 1 is 1.22 bits per heavy atom. The van der Waals surface area contributed by atoms with Gasteiger partial charge in [-0.3, -0.25) is 14.4 Å². The van der Waals surface area contributed by atoms with E-state index in [9.17, 15) is 14.4 Å². The van der Waals surface area contributed by atoms with E-state index in [-0.39, 0.29) is 23.5 Å². The van der Waals surface area contributed by atoms with Gasteiger partial charge in [0.05, 0.1) is 18.8 Å². The quantitative estimate of drug-likeness (QED) is 0.736. The lowest BCUT2D eigenvalue weighted by atomic mass is 10.1. The highest BCUT2D eigenvalue weighted by Gasteiger charge is 2.61. The van der Waals surface area contributed by atoms with E-state index in [0.717, 1.165) is 22.3 Å². The number of nitrogens with zero attached hydrogens (tertiary/aromatic N) is 3. The van der Waals surface area contributed by atoms with Crippen LogP contribution in [0.1, 0.15) is 31.9 Å². The molecule has 2 heterocycles. The smallest absolute Gasteiger partial charge is 0.271 e. The number of anilines is 1. The fraction of sp³-hybridized carbons (Fsp3) is 0.273. The van der Waals surface area contributed by atoms with Crippen molar-refractivity contribution in [2.24, 2.45) is 5.10 Å². The van der Waals surface area contributed by atoms with Crippen LogP contribution in [0.5, 0.6) is 5.75 Å². The minimum absolute atomic E-state index is 0.170. The maximum atomic E-state index is 14.0. The summed E-state index contributed by atoms with van der Waals surface area (Å²) in [6.45, 7) is 5.28. The van der Waals surface area contributed by atoms with Gasteiger partial charge in [0.25, 0.3) is 5.91 Å².